The topological polar surface area (TPSA) is 63.6 Å². The second kappa shape index (κ2) is 18.5. The van der Waals surface area contributed by atoms with Crippen molar-refractivity contribution in [2.45, 2.75) is 116 Å². The van der Waals surface area contributed by atoms with E-state index >= 15 is 0 Å². The van der Waals surface area contributed by atoms with Crippen LogP contribution < -0.4 is 4.74 Å². The molecule has 0 saturated carbocycles. The number of rotatable bonds is 20. The van der Waals surface area contributed by atoms with Crippen LogP contribution in [0.4, 0.5) is 0 Å². The second-order valence-electron chi connectivity index (χ2n) is 8.84. The fraction of sp³-hybridized carbons (Fsp3) is 0.643. The Bertz CT molecular complexity index is 648. The summed E-state index contributed by atoms with van der Waals surface area (Å²) < 4.78 is 6.30. The first kappa shape index (κ1) is 27.9. The van der Waals surface area contributed by atoms with Gasteiger partial charge in [0, 0.05) is 19.3 Å². The number of benzene rings is 1. The average Bonchev–Trinajstić information content (AvgIpc) is 2.77. The van der Waals surface area contributed by atoms with Crippen LogP contribution in [0.1, 0.15) is 109 Å². The summed E-state index contributed by atoms with van der Waals surface area (Å²) in [4.78, 5) is 21.7. The zero-order valence-electron chi connectivity index (χ0n) is 20.3. The van der Waals surface area contributed by atoms with Crippen LogP contribution in [0.2, 0.25) is 0 Å². The highest BCUT2D eigenvalue weighted by molar-refractivity contribution is 5.75. The molecule has 1 unspecified atom stereocenters. The van der Waals surface area contributed by atoms with Gasteiger partial charge in [-0.15, -0.1) is 0 Å². The number of hydrogen-bond acceptors (Lipinski definition) is 3. The van der Waals surface area contributed by atoms with E-state index in [0.29, 0.717) is 12.8 Å². The third-order valence-electron chi connectivity index (χ3n) is 5.70. The molecular formula is C28H44O4. The van der Waals surface area contributed by atoms with Crippen LogP contribution in [0.25, 0.3) is 0 Å². The molecule has 0 bridgehead atoms. The first-order valence-electron chi connectivity index (χ1n) is 12.6. The molecule has 1 aromatic rings. The Hall–Kier alpha value is -2.10. The van der Waals surface area contributed by atoms with Gasteiger partial charge in [-0.1, -0.05) is 69.7 Å². The fourth-order valence-electron chi connectivity index (χ4n) is 3.71. The molecule has 4 heteroatoms. The van der Waals surface area contributed by atoms with Crippen LogP contribution in [0, 0.1) is 0 Å². The summed E-state index contributed by atoms with van der Waals surface area (Å²) in [6.07, 6.45) is 19.7. The van der Waals surface area contributed by atoms with Gasteiger partial charge in [0.05, 0.1) is 0 Å². The maximum absolute atomic E-state index is 11.2. The van der Waals surface area contributed by atoms with Crippen LogP contribution in [-0.2, 0) is 16.0 Å². The molecule has 4 nitrogen and oxygen atoms in total. The number of allylic oxidation sites excluding steroid dienone is 1. The van der Waals surface area contributed by atoms with Crippen LogP contribution in [0.5, 0.6) is 5.75 Å². The highest BCUT2D eigenvalue weighted by atomic mass is 16.5. The lowest BCUT2D eigenvalue weighted by atomic mass is 10.1. The molecule has 0 aliphatic rings. The van der Waals surface area contributed by atoms with Crippen molar-refractivity contribution in [1.82, 2.24) is 0 Å². The number of ketones is 1. The number of aliphatic carboxylic acids is 1. The maximum Gasteiger partial charge on any atom is 0.303 e. The van der Waals surface area contributed by atoms with Crippen LogP contribution in [-0.4, -0.2) is 23.0 Å². The fourth-order valence-corrected chi connectivity index (χ4v) is 3.71. The monoisotopic (exact) mass is 444 g/mol. The summed E-state index contributed by atoms with van der Waals surface area (Å²) in [5.74, 6) is 0.442. The van der Waals surface area contributed by atoms with E-state index in [9.17, 15) is 9.59 Å². The third kappa shape index (κ3) is 15.7. The van der Waals surface area contributed by atoms with E-state index in [-0.39, 0.29) is 11.9 Å². The molecule has 180 valence electrons. The molecule has 0 heterocycles. The summed E-state index contributed by atoms with van der Waals surface area (Å²) in [5, 5.41) is 8.65. The van der Waals surface area contributed by atoms with E-state index in [0.717, 1.165) is 63.5 Å². The number of aryl methyl sites for hydroxylation is 1. The van der Waals surface area contributed by atoms with E-state index in [1.165, 1.54) is 31.2 Å². The second-order valence-corrected chi connectivity index (χ2v) is 8.84. The third-order valence-corrected chi connectivity index (χ3v) is 5.70. The molecule has 0 spiro atoms. The van der Waals surface area contributed by atoms with E-state index in [2.05, 4.69) is 31.2 Å². The molecular weight excluding hydrogens is 400 g/mol. The van der Waals surface area contributed by atoms with Crippen LogP contribution >= 0.6 is 0 Å². The van der Waals surface area contributed by atoms with Crippen molar-refractivity contribution < 1.29 is 19.4 Å². The summed E-state index contributed by atoms with van der Waals surface area (Å²) in [7, 11) is 0. The zero-order chi connectivity index (χ0) is 23.4. The normalized spacial score (nSPS) is 12.2. The molecule has 0 aliphatic carbocycles. The molecule has 0 aromatic heterocycles. The zero-order valence-corrected chi connectivity index (χ0v) is 20.3. The van der Waals surface area contributed by atoms with Gasteiger partial charge in [0.1, 0.15) is 17.6 Å². The summed E-state index contributed by atoms with van der Waals surface area (Å²) in [6.45, 7) is 3.87. The standard InChI is InChI=1S/C28H44O4/c1-3-4-5-12-15-26(16-13-10-8-6-7-9-11-14-17-28(30)31)32-27-22-20-25(21-23-27)19-18-24(2)29/h10,13,20-23,26H,3-9,11-12,14-19H2,1-2H3,(H,30,31)/b13-10-. The van der Waals surface area contributed by atoms with Gasteiger partial charge < -0.3 is 14.6 Å². The molecule has 1 aromatic carbocycles. The van der Waals surface area contributed by atoms with Crippen LogP contribution in [0.15, 0.2) is 36.4 Å². The number of unbranched alkanes of at least 4 members (excludes halogenated alkanes) is 8. The molecule has 32 heavy (non-hydrogen) atoms. The Kier molecular flexibility index (Phi) is 16.1. The van der Waals surface area contributed by atoms with Crippen molar-refractivity contribution in [3.63, 3.8) is 0 Å². The van der Waals surface area contributed by atoms with Crippen molar-refractivity contribution in [2.75, 3.05) is 0 Å². The summed E-state index contributed by atoms with van der Waals surface area (Å²) >= 11 is 0. The van der Waals surface area contributed by atoms with E-state index in [1.54, 1.807) is 6.92 Å². The first-order chi connectivity index (χ1) is 15.5. The molecule has 0 amide bonds. The van der Waals surface area contributed by atoms with Gasteiger partial charge in [-0.2, -0.15) is 0 Å². The predicted molar refractivity (Wildman–Crippen MR) is 132 cm³/mol. The van der Waals surface area contributed by atoms with E-state index < -0.39 is 5.97 Å². The number of carboxylic acid groups (broad SMARTS) is 1. The summed E-state index contributed by atoms with van der Waals surface area (Å²) in [6, 6.07) is 8.20. The Labute approximate surface area is 195 Å². The largest absolute Gasteiger partial charge is 0.490 e. The highest BCUT2D eigenvalue weighted by Crippen LogP contribution is 2.20. The number of carbonyl (C=O) groups is 2. The number of carboxylic acids is 1. The lowest BCUT2D eigenvalue weighted by molar-refractivity contribution is -0.137. The minimum Gasteiger partial charge on any atom is -0.490 e. The van der Waals surface area contributed by atoms with Gasteiger partial charge in [0.2, 0.25) is 0 Å². The lowest BCUT2D eigenvalue weighted by Gasteiger charge is -2.18. The molecule has 1 rings (SSSR count). The van der Waals surface area contributed by atoms with E-state index in [4.69, 9.17) is 9.84 Å². The lowest BCUT2D eigenvalue weighted by Crippen LogP contribution is -2.15. The van der Waals surface area contributed by atoms with E-state index in [1.807, 2.05) is 12.1 Å². The number of carbonyl (C=O) groups excluding carboxylic acids is 1. The van der Waals surface area contributed by atoms with Gasteiger partial charge in [-0.05, 0) is 63.1 Å². The van der Waals surface area contributed by atoms with Gasteiger partial charge in [0.15, 0.2) is 0 Å². The number of hydrogen-bond donors (Lipinski definition) is 1. The summed E-state index contributed by atoms with van der Waals surface area (Å²) in [5.41, 5.74) is 1.18. The number of Topliss-reactive ketones (excluding diaryl/α,β-unsaturated/α-hetero) is 1. The molecule has 1 atom stereocenters. The first-order valence-corrected chi connectivity index (χ1v) is 12.6. The Morgan fingerprint density at radius 2 is 1.59 bits per heavy atom. The molecule has 0 fully saturated rings. The Morgan fingerprint density at radius 3 is 2.28 bits per heavy atom. The van der Waals surface area contributed by atoms with Crippen molar-refractivity contribution in [3.8, 4) is 5.75 Å². The Balaban J connectivity index is 2.37. The average molecular weight is 445 g/mol. The number of ether oxygens (including phenoxy) is 1. The minimum absolute atomic E-state index is 0.196. The predicted octanol–water partition coefficient (Wildman–Crippen LogP) is 7.69. The van der Waals surface area contributed by atoms with Gasteiger partial charge in [-0.3, -0.25) is 4.79 Å². The smallest absolute Gasteiger partial charge is 0.303 e. The minimum atomic E-state index is -0.691. The Morgan fingerprint density at radius 1 is 0.906 bits per heavy atom. The van der Waals surface area contributed by atoms with Gasteiger partial charge in [0.25, 0.3) is 0 Å². The van der Waals surface area contributed by atoms with Gasteiger partial charge >= 0.3 is 5.97 Å². The maximum atomic E-state index is 11.2. The molecule has 0 aliphatic heterocycles. The SMILES string of the molecule is CCCCCCC(C/C=C\CCCCCCCC(=O)O)Oc1ccc(CCC(C)=O)cc1. The molecule has 0 saturated heterocycles. The van der Waals surface area contributed by atoms with Gasteiger partial charge in [-0.25, -0.2) is 0 Å². The van der Waals surface area contributed by atoms with Crippen molar-refractivity contribution >= 4 is 11.8 Å². The molecule has 0 radical (unpaired) electrons. The van der Waals surface area contributed by atoms with Crippen molar-refractivity contribution in [1.29, 1.82) is 0 Å². The molecule has 1 N–H and O–H groups in total. The quantitative estimate of drug-likeness (QED) is 0.165. The van der Waals surface area contributed by atoms with Crippen molar-refractivity contribution in [3.05, 3.63) is 42.0 Å². The highest BCUT2D eigenvalue weighted by Gasteiger charge is 2.09. The van der Waals surface area contributed by atoms with Crippen LogP contribution in [0.3, 0.4) is 0 Å². The van der Waals surface area contributed by atoms with Crippen molar-refractivity contribution in [2.24, 2.45) is 0 Å².